The third kappa shape index (κ3) is 2.04. The van der Waals surface area contributed by atoms with E-state index < -0.39 is 4.92 Å². The molecule has 2 aliphatic rings. The molecular formula is C13H15N3O4. The van der Waals surface area contributed by atoms with Gasteiger partial charge in [-0.05, 0) is 6.07 Å². The van der Waals surface area contributed by atoms with Crippen LogP contribution in [0.25, 0.3) is 0 Å². The van der Waals surface area contributed by atoms with E-state index in [-0.39, 0.29) is 17.6 Å². The monoisotopic (exact) mass is 277 g/mol. The summed E-state index contributed by atoms with van der Waals surface area (Å²) in [5, 5.41) is 10.8. The van der Waals surface area contributed by atoms with Gasteiger partial charge in [0, 0.05) is 32.6 Å². The molecule has 1 aromatic rings. The summed E-state index contributed by atoms with van der Waals surface area (Å²) in [7, 11) is 0. The van der Waals surface area contributed by atoms with Crippen LogP contribution in [-0.4, -0.2) is 48.0 Å². The normalized spacial score (nSPS) is 20.8. The highest BCUT2D eigenvalue weighted by Crippen LogP contribution is 2.37. The van der Waals surface area contributed by atoms with Crippen LogP contribution in [0.4, 0.5) is 11.4 Å². The molecule has 0 saturated carbocycles. The summed E-state index contributed by atoms with van der Waals surface area (Å²) in [6.45, 7) is 4.03. The molecule has 106 valence electrons. The van der Waals surface area contributed by atoms with Gasteiger partial charge < -0.3 is 14.5 Å². The first-order valence-electron chi connectivity index (χ1n) is 6.49. The van der Waals surface area contributed by atoms with E-state index in [0.29, 0.717) is 25.4 Å². The Morgan fingerprint density at radius 2 is 2.25 bits per heavy atom. The molecule has 3 rings (SSSR count). The number of carbonyl (C=O) groups excluding carboxylic acids is 1. The largest absolute Gasteiger partial charge is 0.489 e. The van der Waals surface area contributed by atoms with Crippen molar-refractivity contribution in [2.75, 3.05) is 31.1 Å². The van der Waals surface area contributed by atoms with Crippen LogP contribution in [-0.2, 0) is 4.79 Å². The second kappa shape index (κ2) is 4.66. The lowest BCUT2D eigenvalue weighted by atomic mass is 10.1. The first kappa shape index (κ1) is 12.7. The van der Waals surface area contributed by atoms with Crippen molar-refractivity contribution >= 4 is 17.3 Å². The average Bonchev–Trinajstić information content (AvgIpc) is 2.45. The number of non-ortho nitro benzene ring substituents is 1. The van der Waals surface area contributed by atoms with Crippen molar-refractivity contribution in [3.05, 3.63) is 28.3 Å². The number of rotatable bonds is 1. The first-order chi connectivity index (χ1) is 9.56. The minimum atomic E-state index is -0.427. The van der Waals surface area contributed by atoms with Crippen LogP contribution >= 0.6 is 0 Å². The Labute approximate surface area is 115 Å². The maximum atomic E-state index is 11.4. The van der Waals surface area contributed by atoms with Gasteiger partial charge in [0.15, 0.2) is 0 Å². The standard InChI is InChI=1S/C13H15N3O4/c1-9(17)14-4-5-15-11(7-14)8-20-13-6-10(16(18)19)2-3-12(13)15/h2-3,6,11H,4-5,7-8H2,1H3/t11-/m0/s1. The lowest BCUT2D eigenvalue weighted by Gasteiger charge is -2.45. The lowest BCUT2D eigenvalue weighted by Crippen LogP contribution is -2.58. The Bertz CT molecular complexity index is 575. The minimum Gasteiger partial charge on any atom is -0.489 e. The molecule has 20 heavy (non-hydrogen) atoms. The van der Waals surface area contributed by atoms with Crippen LogP contribution < -0.4 is 9.64 Å². The summed E-state index contributed by atoms with van der Waals surface area (Å²) >= 11 is 0. The first-order valence-corrected chi connectivity index (χ1v) is 6.49. The zero-order valence-electron chi connectivity index (χ0n) is 11.1. The molecule has 1 fully saturated rings. The Morgan fingerprint density at radius 3 is 2.95 bits per heavy atom. The maximum Gasteiger partial charge on any atom is 0.273 e. The molecule has 7 nitrogen and oxygen atoms in total. The third-order valence-electron chi connectivity index (χ3n) is 3.82. The van der Waals surface area contributed by atoms with Crippen molar-refractivity contribution in [3.8, 4) is 5.75 Å². The highest BCUT2D eigenvalue weighted by molar-refractivity contribution is 5.74. The van der Waals surface area contributed by atoms with Crippen molar-refractivity contribution in [3.63, 3.8) is 0 Å². The molecule has 0 N–H and O–H groups in total. The van der Waals surface area contributed by atoms with E-state index in [1.807, 2.05) is 0 Å². The smallest absolute Gasteiger partial charge is 0.273 e. The van der Waals surface area contributed by atoms with E-state index in [0.717, 1.165) is 12.2 Å². The summed E-state index contributed by atoms with van der Waals surface area (Å²) in [5.74, 6) is 0.617. The molecule has 0 radical (unpaired) electrons. The van der Waals surface area contributed by atoms with Gasteiger partial charge in [-0.2, -0.15) is 0 Å². The van der Waals surface area contributed by atoms with Gasteiger partial charge in [0.05, 0.1) is 22.7 Å². The molecule has 1 saturated heterocycles. The van der Waals surface area contributed by atoms with Gasteiger partial charge in [-0.15, -0.1) is 0 Å². The SMILES string of the molecule is CC(=O)N1CCN2c3ccc([N+](=O)[O-])cc3OC[C@@H]2C1. The van der Waals surface area contributed by atoms with E-state index in [2.05, 4.69) is 4.90 Å². The van der Waals surface area contributed by atoms with E-state index in [1.165, 1.54) is 12.1 Å². The molecule has 2 aliphatic heterocycles. The van der Waals surface area contributed by atoms with Crippen LogP contribution in [0.1, 0.15) is 6.92 Å². The number of fused-ring (bicyclic) bond motifs is 3. The number of hydrogen-bond donors (Lipinski definition) is 0. The van der Waals surface area contributed by atoms with Crippen molar-refractivity contribution in [2.24, 2.45) is 0 Å². The molecule has 2 heterocycles. The van der Waals surface area contributed by atoms with E-state index >= 15 is 0 Å². The number of nitrogens with zero attached hydrogens (tertiary/aromatic N) is 3. The highest BCUT2D eigenvalue weighted by atomic mass is 16.6. The van der Waals surface area contributed by atoms with Crippen LogP contribution in [0.3, 0.4) is 0 Å². The summed E-state index contributed by atoms with van der Waals surface area (Å²) in [5.41, 5.74) is 0.902. The molecular weight excluding hydrogens is 262 g/mol. The number of ether oxygens (including phenoxy) is 1. The zero-order chi connectivity index (χ0) is 14.3. The number of amides is 1. The summed E-state index contributed by atoms with van der Waals surface area (Å²) in [6.07, 6.45) is 0. The molecule has 0 aromatic heterocycles. The van der Waals surface area contributed by atoms with Gasteiger partial charge >= 0.3 is 0 Å². The molecule has 0 spiro atoms. The second-order valence-corrected chi connectivity index (χ2v) is 5.03. The Hall–Kier alpha value is -2.31. The van der Waals surface area contributed by atoms with Gasteiger partial charge in [0.2, 0.25) is 5.91 Å². The summed E-state index contributed by atoms with van der Waals surface area (Å²) < 4.78 is 5.63. The van der Waals surface area contributed by atoms with Crippen LogP contribution in [0.5, 0.6) is 5.75 Å². The Kier molecular flexibility index (Phi) is 2.96. The van der Waals surface area contributed by atoms with Gasteiger partial charge in [0.1, 0.15) is 12.4 Å². The van der Waals surface area contributed by atoms with Gasteiger partial charge in [-0.3, -0.25) is 14.9 Å². The predicted molar refractivity (Wildman–Crippen MR) is 72.0 cm³/mol. The van der Waals surface area contributed by atoms with Crippen molar-refractivity contribution < 1.29 is 14.5 Å². The summed E-state index contributed by atoms with van der Waals surface area (Å²) in [4.78, 5) is 25.8. The predicted octanol–water partition coefficient (Wildman–Crippen LogP) is 1.02. The maximum absolute atomic E-state index is 11.4. The average molecular weight is 277 g/mol. The van der Waals surface area contributed by atoms with Crippen LogP contribution in [0.15, 0.2) is 18.2 Å². The van der Waals surface area contributed by atoms with E-state index in [4.69, 9.17) is 4.74 Å². The third-order valence-corrected chi connectivity index (χ3v) is 3.82. The molecule has 7 heteroatoms. The number of carbonyl (C=O) groups is 1. The van der Waals surface area contributed by atoms with Crippen LogP contribution in [0.2, 0.25) is 0 Å². The number of nitro benzene ring substituents is 1. The zero-order valence-corrected chi connectivity index (χ0v) is 11.1. The number of benzene rings is 1. The number of nitro groups is 1. The molecule has 1 atom stereocenters. The second-order valence-electron chi connectivity index (χ2n) is 5.03. The molecule has 0 bridgehead atoms. The van der Waals surface area contributed by atoms with Gasteiger partial charge in [0.25, 0.3) is 5.69 Å². The molecule has 0 aliphatic carbocycles. The summed E-state index contributed by atoms with van der Waals surface area (Å²) in [6, 6.07) is 4.79. The quantitative estimate of drug-likeness (QED) is 0.566. The Balaban J connectivity index is 1.87. The molecule has 1 aromatic carbocycles. The molecule has 0 unspecified atom stereocenters. The lowest BCUT2D eigenvalue weighted by molar-refractivity contribution is -0.384. The van der Waals surface area contributed by atoms with Crippen molar-refractivity contribution in [1.29, 1.82) is 0 Å². The fourth-order valence-corrected chi connectivity index (χ4v) is 2.76. The number of piperazine rings is 1. The topological polar surface area (TPSA) is 75.9 Å². The molecule has 1 amide bonds. The van der Waals surface area contributed by atoms with E-state index in [9.17, 15) is 14.9 Å². The fraction of sp³-hybridized carbons (Fsp3) is 0.462. The fourth-order valence-electron chi connectivity index (χ4n) is 2.76. The van der Waals surface area contributed by atoms with Gasteiger partial charge in [-0.25, -0.2) is 0 Å². The minimum absolute atomic E-state index is 0.0320. The van der Waals surface area contributed by atoms with Crippen molar-refractivity contribution in [1.82, 2.24) is 4.90 Å². The highest BCUT2D eigenvalue weighted by Gasteiger charge is 2.34. The Morgan fingerprint density at radius 1 is 1.45 bits per heavy atom. The van der Waals surface area contributed by atoms with Gasteiger partial charge in [-0.1, -0.05) is 0 Å². The number of anilines is 1. The van der Waals surface area contributed by atoms with Crippen LogP contribution in [0, 0.1) is 10.1 Å². The number of hydrogen-bond acceptors (Lipinski definition) is 5. The van der Waals surface area contributed by atoms with Crippen molar-refractivity contribution in [2.45, 2.75) is 13.0 Å². The van der Waals surface area contributed by atoms with E-state index in [1.54, 1.807) is 17.9 Å².